The fourth-order valence-electron chi connectivity index (χ4n) is 6.90. The number of allylic oxidation sites excluding steroid dienone is 16. The van der Waals surface area contributed by atoms with Crippen LogP contribution in [0.1, 0.15) is 233 Å². The van der Waals surface area contributed by atoms with Crippen molar-refractivity contribution in [2.75, 3.05) is 13.2 Å². The van der Waals surface area contributed by atoms with Crippen molar-refractivity contribution in [3.8, 4) is 0 Å². The highest BCUT2D eigenvalue weighted by Gasteiger charge is 2.19. The van der Waals surface area contributed by atoms with Crippen molar-refractivity contribution in [2.24, 2.45) is 0 Å². The first kappa shape index (κ1) is 60.3. The van der Waals surface area contributed by atoms with Gasteiger partial charge in [-0.05, 0) is 109 Å². The lowest BCUT2D eigenvalue weighted by atomic mass is 10.1. The van der Waals surface area contributed by atoms with Gasteiger partial charge in [0, 0.05) is 19.3 Å². The summed E-state index contributed by atoms with van der Waals surface area (Å²) in [6, 6.07) is 0. The van der Waals surface area contributed by atoms with Crippen LogP contribution < -0.4 is 0 Å². The van der Waals surface area contributed by atoms with Gasteiger partial charge in [-0.15, -0.1) is 0 Å². The monoisotopic (exact) mass is 889 g/mol. The number of hydrogen-bond acceptors (Lipinski definition) is 6. The standard InChI is InChI=1S/C58H96O6/c1-4-7-10-13-16-19-22-24-26-28-29-30-32-33-36-39-42-45-48-51-57(60)63-54-55(53-62-56(59)50-47-44-41-38-35-21-18-15-12-9-6-3)64-58(61)52-49-46-43-40-37-34-31-27-25-23-20-17-14-11-8-5-2/h7-8,10-11,15-20,24-27,29-30,55H,4-6,9,12-14,21-23,28,31-54H2,1-3H3/b10-7-,11-8-,18-15-,19-16-,20-17-,26-24-,27-25-,30-29-. The van der Waals surface area contributed by atoms with Gasteiger partial charge in [0.25, 0.3) is 0 Å². The number of ether oxygens (including phenoxy) is 3. The molecule has 64 heavy (non-hydrogen) atoms. The Kier molecular flexibility index (Phi) is 49.0. The van der Waals surface area contributed by atoms with Crippen LogP contribution in [-0.2, 0) is 28.6 Å². The Morgan fingerprint density at radius 3 is 0.969 bits per heavy atom. The number of carbonyl (C=O) groups is 3. The van der Waals surface area contributed by atoms with E-state index in [0.29, 0.717) is 19.3 Å². The molecule has 0 aromatic heterocycles. The minimum Gasteiger partial charge on any atom is -0.462 e. The van der Waals surface area contributed by atoms with E-state index in [-0.39, 0.29) is 31.1 Å². The summed E-state index contributed by atoms with van der Waals surface area (Å²) in [7, 11) is 0. The molecule has 0 N–H and O–H groups in total. The lowest BCUT2D eigenvalue weighted by molar-refractivity contribution is -0.167. The highest BCUT2D eigenvalue weighted by atomic mass is 16.6. The van der Waals surface area contributed by atoms with Gasteiger partial charge in [0.1, 0.15) is 13.2 Å². The molecule has 0 saturated carbocycles. The van der Waals surface area contributed by atoms with Crippen LogP contribution in [0.4, 0.5) is 0 Å². The third-order valence-corrected chi connectivity index (χ3v) is 10.8. The van der Waals surface area contributed by atoms with Crippen LogP contribution in [0.3, 0.4) is 0 Å². The van der Waals surface area contributed by atoms with Crippen LogP contribution in [0.15, 0.2) is 97.2 Å². The molecule has 1 unspecified atom stereocenters. The zero-order chi connectivity index (χ0) is 46.5. The van der Waals surface area contributed by atoms with Crippen molar-refractivity contribution in [1.29, 1.82) is 0 Å². The first-order valence-electron chi connectivity index (χ1n) is 26.2. The summed E-state index contributed by atoms with van der Waals surface area (Å²) in [5, 5.41) is 0. The topological polar surface area (TPSA) is 78.9 Å². The van der Waals surface area contributed by atoms with Gasteiger partial charge in [-0.3, -0.25) is 14.4 Å². The Balaban J connectivity index is 4.42. The van der Waals surface area contributed by atoms with Crippen molar-refractivity contribution in [1.82, 2.24) is 0 Å². The second-order valence-corrected chi connectivity index (χ2v) is 17.0. The molecule has 0 aliphatic heterocycles. The number of carbonyl (C=O) groups excluding carboxylic acids is 3. The maximum atomic E-state index is 12.8. The van der Waals surface area contributed by atoms with Crippen LogP contribution >= 0.6 is 0 Å². The van der Waals surface area contributed by atoms with E-state index in [1.54, 1.807) is 0 Å². The van der Waals surface area contributed by atoms with Gasteiger partial charge in [-0.2, -0.15) is 0 Å². The summed E-state index contributed by atoms with van der Waals surface area (Å²) in [6.07, 6.45) is 68.2. The smallest absolute Gasteiger partial charge is 0.306 e. The van der Waals surface area contributed by atoms with E-state index >= 15 is 0 Å². The van der Waals surface area contributed by atoms with E-state index in [1.165, 1.54) is 51.4 Å². The maximum Gasteiger partial charge on any atom is 0.306 e. The average molecular weight is 889 g/mol. The largest absolute Gasteiger partial charge is 0.462 e. The van der Waals surface area contributed by atoms with Crippen LogP contribution in [0.5, 0.6) is 0 Å². The predicted molar refractivity (Wildman–Crippen MR) is 274 cm³/mol. The predicted octanol–water partition coefficient (Wildman–Crippen LogP) is 17.4. The van der Waals surface area contributed by atoms with Gasteiger partial charge in [0.2, 0.25) is 0 Å². The number of unbranched alkanes of at least 4 members (excludes halogenated alkanes) is 19. The van der Waals surface area contributed by atoms with Gasteiger partial charge in [-0.25, -0.2) is 0 Å². The van der Waals surface area contributed by atoms with Crippen molar-refractivity contribution in [3.05, 3.63) is 97.2 Å². The molecule has 0 heterocycles. The van der Waals surface area contributed by atoms with Crippen LogP contribution in [-0.4, -0.2) is 37.2 Å². The van der Waals surface area contributed by atoms with Crippen LogP contribution in [0, 0.1) is 0 Å². The van der Waals surface area contributed by atoms with E-state index in [2.05, 4.69) is 118 Å². The summed E-state index contributed by atoms with van der Waals surface area (Å²) in [5.41, 5.74) is 0. The molecule has 0 bridgehead atoms. The normalized spacial score (nSPS) is 12.9. The molecule has 364 valence electrons. The zero-order valence-electron chi connectivity index (χ0n) is 41.5. The van der Waals surface area contributed by atoms with Crippen molar-refractivity contribution >= 4 is 17.9 Å². The fraction of sp³-hybridized carbons (Fsp3) is 0.672. The fourth-order valence-corrected chi connectivity index (χ4v) is 6.90. The highest BCUT2D eigenvalue weighted by Crippen LogP contribution is 2.14. The minimum atomic E-state index is -0.794. The molecule has 1 atom stereocenters. The number of rotatable bonds is 46. The van der Waals surface area contributed by atoms with Gasteiger partial charge in [0.05, 0.1) is 0 Å². The lowest BCUT2D eigenvalue weighted by Gasteiger charge is -2.18. The second kappa shape index (κ2) is 52.0. The maximum absolute atomic E-state index is 12.8. The lowest BCUT2D eigenvalue weighted by Crippen LogP contribution is -2.30. The third kappa shape index (κ3) is 49.3. The Bertz CT molecular complexity index is 1300. The molecule has 0 fully saturated rings. The Hall–Kier alpha value is -3.67. The van der Waals surface area contributed by atoms with Crippen LogP contribution in [0.2, 0.25) is 0 Å². The minimum absolute atomic E-state index is 0.0931. The summed E-state index contributed by atoms with van der Waals surface area (Å²) < 4.78 is 16.8. The number of esters is 3. The third-order valence-electron chi connectivity index (χ3n) is 10.8. The van der Waals surface area contributed by atoms with E-state index < -0.39 is 6.10 Å². The van der Waals surface area contributed by atoms with Gasteiger partial charge in [-0.1, -0.05) is 201 Å². The average Bonchev–Trinajstić information content (AvgIpc) is 3.29. The summed E-state index contributed by atoms with van der Waals surface area (Å²) in [5.74, 6) is -0.932. The molecular weight excluding hydrogens is 793 g/mol. The molecule has 0 spiro atoms. The Morgan fingerprint density at radius 2 is 0.609 bits per heavy atom. The SMILES string of the molecule is CC/C=C\C/C=C\C/C=C\C/C=C\CCCCCCCCC(=O)OCC(COC(=O)CCCCCCC/C=C\CCCC)OC(=O)CCCCCCCC/C=C\C/C=C\C/C=C\CC. The highest BCUT2D eigenvalue weighted by molar-refractivity contribution is 5.71. The number of hydrogen-bond donors (Lipinski definition) is 0. The molecule has 6 nitrogen and oxygen atoms in total. The van der Waals surface area contributed by atoms with Gasteiger partial charge >= 0.3 is 17.9 Å². The van der Waals surface area contributed by atoms with E-state index in [4.69, 9.17) is 14.2 Å². The molecular formula is C58H96O6. The molecule has 6 heteroatoms. The Labute approximate surface area is 394 Å². The summed E-state index contributed by atoms with van der Waals surface area (Å²) >= 11 is 0. The van der Waals surface area contributed by atoms with E-state index in [1.807, 2.05) is 0 Å². The first-order chi connectivity index (χ1) is 31.5. The molecule has 0 aliphatic carbocycles. The quantitative estimate of drug-likeness (QED) is 0.0262. The van der Waals surface area contributed by atoms with Crippen molar-refractivity contribution < 1.29 is 28.6 Å². The summed E-state index contributed by atoms with van der Waals surface area (Å²) in [6.45, 7) is 6.34. The Morgan fingerprint density at radius 1 is 0.328 bits per heavy atom. The summed E-state index contributed by atoms with van der Waals surface area (Å²) in [4.78, 5) is 38.0. The van der Waals surface area contributed by atoms with E-state index in [9.17, 15) is 14.4 Å². The first-order valence-corrected chi connectivity index (χ1v) is 26.2. The van der Waals surface area contributed by atoms with Crippen LogP contribution in [0.25, 0.3) is 0 Å². The molecule has 0 radical (unpaired) electrons. The van der Waals surface area contributed by atoms with Crippen molar-refractivity contribution in [3.63, 3.8) is 0 Å². The molecule has 0 aromatic rings. The zero-order valence-corrected chi connectivity index (χ0v) is 41.5. The van der Waals surface area contributed by atoms with Gasteiger partial charge < -0.3 is 14.2 Å². The molecule has 0 saturated heterocycles. The molecule has 0 aliphatic rings. The molecule has 0 amide bonds. The molecule has 0 aromatic carbocycles. The van der Waals surface area contributed by atoms with Crippen molar-refractivity contribution in [2.45, 2.75) is 239 Å². The second-order valence-electron chi connectivity index (χ2n) is 17.0. The van der Waals surface area contributed by atoms with Gasteiger partial charge in [0.15, 0.2) is 6.10 Å². The van der Waals surface area contributed by atoms with E-state index in [0.717, 1.165) is 141 Å². The molecule has 0 rings (SSSR count).